The predicted molar refractivity (Wildman–Crippen MR) is 55.0 cm³/mol. The third-order valence-electron chi connectivity index (χ3n) is 2.82. The Kier molecular flexibility index (Phi) is 2.78. The van der Waals surface area contributed by atoms with Crippen molar-refractivity contribution < 1.29 is 13.2 Å². The van der Waals surface area contributed by atoms with Crippen LogP contribution in [-0.4, -0.2) is 11.0 Å². The molecule has 1 aromatic heterocycles. The van der Waals surface area contributed by atoms with Gasteiger partial charge in [0.15, 0.2) is 0 Å². The molecule has 1 heterocycles. The average molecular weight is 230 g/mol. The summed E-state index contributed by atoms with van der Waals surface area (Å²) < 4.78 is 36.8. The van der Waals surface area contributed by atoms with Crippen LogP contribution in [0, 0.1) is 5.92 Å². The maximum absolute atomic E-state index is 12.3. The van der Waals surface area contributed by atoms with Crippen LogP contribution in [0.25, 0.3) is 0 Å². The summed E-state index contributed by atoms with van der Waals surface area (Å²) in [5.41, 5.74) is -0.708. The summed E-state index contributed by atoms with van der Waals surface area (Å²) in [5.74, 6) is 1.22. The minimum absolute atomic E-state index is 0.360. The zero-order chi connectivity index (χ0) is 11.8. The summed E-state index contributed by atoms with van der Waals surface area (Å²) in [7, 11) is 0. The van der Waals surface area contributed by atoms with Crippen LogP contribution in [0.3, 0.4) is 0 Å². The fourth-order valence-electron chi connectivity index (χ4n) is 1.88. The van der Waals surface area contributed by atoms with Crippen molar-refractivity contribution in [2.45, 2.75) is 32.0 Å². The fraction of sp³-hybridized carbons (Fsp3) is 0.545. The first-order valence-electron chi connectivity index (χ1n) is 5.25. The number of anilines is 1. The lowest BCUT2D eigenvalue weighted by Gasteiger charge is -2.33. The van der Waals surface area contributed by atoms with Crippen molar-refractivity contribution >= 4 is 5.82 Å². The minimum Gasteiger partial charge on any atom is -0.367 e. The highest BCUT2D eigenvalue weighted by atomic mass is 19.4. The van der Waals surface area contributed by atoms with E-state index < -0.39 is 11.7 Å². The molecule has 0 saturated heterocycles. The van der Waals surface area contributed by atoms with Crippen LogP contribution in [0.4, 0.5) is 19.0 Å². The molecule has 88 valence electrons. The molecule has 2 nitrogen and oxygen atoms in total. The normalized spacial score (nSPS) is 25.0. The highest BCUT2D eigenvalue weighted by Crippen LogP contribution is 2.31. The first-order valence-corrected chi connectivity index (χ1v) is 5.25. The standard InChI is InChI=1S/C11H13F3N2/c1-7-4-9(5-7)16-10-3-2-8(6-15-10)11(12,13)14/h2-3,6-7,9H,4-5H2,1H3,(H,15,16). The van der Waals surface area contributed by atoms with Crippen LogP contribution in [0.2, 0.25) is 0 Å². The van der Waals surface area contributed by atoms with Crippen LogP contribution >= 0.6 is 0 Å². The lowest BCUT2D eigenvalue weighted by Crippen LogP contribution is -2.34. The molecule has 0 spiro atoms. The average Bonchev–Trinajstić information content (AvgIpc) is 2.15. The van der Waals surface area contributed by atoms with Crippen molar-refractivity contribution in [3.8, 4) is 0 Å². The van der Waals surface area contributed by atoms with E-state index in [1.807, 2.05) is 0 Å². The first kappa shape index (κ1) is 11.2. The molecule has 2 rings (SSSR count). The van der Waals surface area contributed by atoms with Crippen LogP contribution in [0.5, 0.6) is 0 Å². The highest BCUT2D eigenvalue weighted by Gasteiger charge is 2.31. The fourth-order valence-corrected chi connectivity index (χ4v) is 1.88. The molecule has 1 N–H and O–H groups in total. The van der Waals surface area contributed by atoms with Crippen molar-refractivity contribution in [1.82, 2.24) is 4.98 Å². The smallest absolute Gasteiger partial charge is 0.367 e. The van der Waals surface area contributed by atoms with Gasteiger partial charge in [-0.1, -0.05) is 6.92 Å². The van der Waals surface area contributed by atoms with Gasteiger partial charge >= 0.3 is 6.18 Å². The SMILES string of the molecule is CC1CC(Nc2ccc(C(F)(F)F)cn2)C1. The van der Waals surface area contributed by atoms with Gasteiger partial charge in [0.2, 0.25) is 0 Å². The molecule has 0 atom stereocenters. The van der Waals surface area contributed by atoms with E-state index >= 15 is 0 Å². The Hall–Kier alpha value is -1.26. The maximum Gasteiger partial charge on any atom is 0.417 e. The van der Waals surface area contributed by atoms with Gasteiger partial charge in [-0.15, -0.1) is 0 Å². The van der Waals surface area contributed by atoms with Gasteiger partial charge in [-0.05, 0) is 30.9 Å². The molecule has 16 heavy (non-hydrogen) atoms. The lowest BCUT2D eigenvalue weighted by atomic mass is 9.82. The molecule has 0 aromatic carbocycles. The second-order valence-corrected chi connectivity index (χ2v) is 4.35. The van der Waals surface area contributed by atoms with Crippen LogP contribution in [0.1, 0.15) is 25.3 Å². The quantitative estimate of drug-likeness (QED) is 0.843. The number of nitrogens with one attached hydrogen (secondary N) is 1. The number of pyridine rings is 1. The Balaban J connectivity index is 1.97. The topological polar surface area (TPSA) is 24.9 Å². The summed E-state index contributed by atoms with van der Waals surface area (Å²) >= 11 is 0. The van der Waals surface area contributed by atoms with Gasteiger partial charge in [0.05, 0.1) is 5.56 Å². The Bertz CT molecular complexity index is 352. The maximum atomic E-state index is 12.3. The zero-order valence-electron chi connectivity index (χ0n) is 8.88. The van der Waals surface area contributed by atoms with E-state index in [0.717, 1.165) is 25.1 Å². The van der Waals surface area contributed by atoms with Gasteiger partial charge in [0.1, 0.15) is 5.82 Å². The van der Waals surface area contributed by atoms with E-state index in [1.54, 1.807) is 0 Å². The van der Waals surface area contributed by atoms with E-state index in [9.17, 15) is 13.2 Å². The van der Waals surface area contributed by atoms with Crippen LogP contribution in [0.15, 0.2) is 18.3 Å². The van der Waals surface area contributed by atoms with Crippen LogP contribution in [-0.2, 0) is 6.18 Å². The molecule has 5 heteroatoms. The summed E-state index contributed by atoms with van der Waals surface area (Å²) in [6, 6.07) is 2.79. The molecule has 1 aliphatic carbocycles. The summed E-state index contributed by atoms with van der Waals surface area (Å²) in [5, 5.41) is 3.11. The summed E-state index contributed by atoms with van der Waals surface area (Å²) in [6.45, 7) is 2.15. The van der Waals surface area contributed by atoms with Crippen molar-refractivity contribution in [1.29, 1.82) is 0 Å². The summed E-state index contributed by atoms with van der Waals surface area (Å²) in [4.78, 5) is 3.76. The molecule has 1 aliphatic rings. The molecule has 1 fully saturated rings. The monoisotopic (exact) mass is 230 g/mol. The van der Waals surface area contributed by atoms with E-state index in [4.69, 9.17) is 0 Å². The molecular formula is C11H13F3N2. The highest BCUT2D eigenvalue weighted by molar-refractivity contribution is 5.37. The Morgan fingerprint density at radius 2 is 2.00 bits per heavy atom. The van der Waals surface area contributed by atoms with Gasteiger partial charge < -0.3 is 5.32 Å². The molecule has 0 aliphatic heterocycles. The molecule has 0 radical (unpaired) electrons. The largest absolute Gasteiger partial charge is 0.417 e. The van der Waals surface area contributed by atoms with Crippen LogP contribution < -0.4 is 5.32 Å². The van der Waals surface area contributed by atoms with Gasteiger partial charge in [0.25, 0.3) is 0 Å². The van der Waals surface area contributed by atoms with Crippen molar-refractivity contribution in [3.05, 3.63) is 23.9 Å². The number of alkyl halides is 3. The van der Waals surface area contributed by atoms with Gasteiger partial charge in [0, 0.05) is 12.2 Å². The number of rotatable bonds is 2. The number of aromatic nitrogens is 1. The van der Waals surface area contributed by atoms with E-state index in [-0.39, 0.29) is 0 Å². The zero-order valence-corrected chi connectivity index (χ0v) is 8.88. The van der Waals surface area contributed by atoms with Crippen molar-refractivity contribution in [2.75, 3.05) is 5.32 Å². The second kappa shape index (κ2) is 3.96. The second-order valence-electron chi connectivity index (χ2n) is 4.35. The van der Waals surface area contributed by atoms with E-state index in [0.29, 0.717) is 17.8 Å². The number of hydrogen-bond acceptors (Lipinski definition) is 2. The van der Waals surface area contributed by atoms with Gasteiger partial charge in [-0.25, -0.2) is 4.98 Å². The predicted octanol–water partition coefficient (Wildman–Crippen LogP) is 3.31. The summed E-state index contributed by atoms with van der Waals surface area (Å²) in [6.07, 6.45) is -1.33. The van der Waals surface area contributed by atoms with Gasteiger partial charge in [-0.2, -0.15) is 13.2 Å². The Morgan fingerprint density at radius 3 is 2.44 bits per heavy atom. The Labute approximate surface area is 91.9 Å². The molecular weight excluding hydrogens is 217 g/mol. The lowest BCUT2D eigenvalue weighted by molar-refractivity contribution is -0.137. The number of hydrogen-bond donors (Lipinski definition) is 1. The molecule has 0 bridgehead atoms. The minimum atomic E-state index is -4.31. The van der Waals surface area contributed by atoms with E-state index in [1.165, 1.54) is 6.07 Å². The molecule has 1 saturated carbocycles. The first-order chi connectivity index (χ1) is 7.45. The third-order valence-corrected chi connectivity index (χ3v) is 2.82. The molecule has 0 amide bonds. The molecule has 0 unspecified atom stereocenters. The third kappa shape index (κ3) is 2.46. The number of nitrogens with zero attached hydrogens (tertiary/aromatic N) is 1. The van der Waals surface area contributed by atoms with Crippen molar-refractivity contribution in [2.24, 2.45) is 5.92 Å². The van der Waals surface area contributed by atoms with E-state index in [2.05, 4.69) is 17.2 Å². The Morgan fingerprint density at radius 1 is 1.31 bits per heavy atom. The van der Waals surface area contributed by atoms with Crippen molar-refractivity contribution in [3.63, 3.8) is 0 Å². The molecule has 1 aromatic rings. The van der Waals surface area contributed by atoms with Gasteiger partial charge in [-0.3, -0.25) is 0 Å². The number of halogens is 3.